The standard InChI is InChI=1S/C14H19N3O/c1-15-8-14-11(6-7-18-14)9-17-10-16-12-4-2-3-5-13(12)17/h6-7,10,15H,2-5,8-9H2,1H3. The molecule has 0 bridgehead atoms. The van der Waals surface area contributed by atoms with Crippen molar-refractivity contribution in [2.24, 2.45) is 0 Å². The molecule has 0 spiro atoms. The van der Waals surface area contributed by atoms with Crippen LogP contribution in [0.15, 0.2) is 23.1 Å². The smallest absolute Gasteiger partial charge is 0.122 e. The summed E-state index contributed by atoms with van der Waals surface area (Å²) >= 11 is 0. The van der Waals surface area contributed by atoms with E-state index in [1.807, 2.05) is 13.4 Å². The van der Waals surface area contributed by atoms with E-state index in [1.165, 1.54) is 29.8 Å². The highest BCUT2D eigenvalue weighted by molar-refractivity contribution is 5.22. The van der Waals surface area contributed by atoms with Crippen LogP contribution in [-0.2, 0) is 25.9 Å². The Kier molecular flexibility index (Phi) is 3.19. The Labute approximate surface area is 107 Å². The molecule has 0 radical (unpaired) electrons. The molecule has 1 aliphatic rings. The first-order valence-corrected chi connectivity index (χ1v) is 6.61. The van der Waals surface area contributed by atoms with Gasteiger partial charge in [0.15, 0.2) is 0 Å². The van der Waals surface area contributed by atoms with Crippen LogP contribution in [0.2, 0.25) is 0 Å². The first kappa shape index (κ1) is 11.5. The summed E-state index contributed by atoms with van der Waals surface area (Å²) in [5, 5.41) is 3.13. The molecule has 2 heterocycles. The van der Waals surface area contributed by atoms with Crippen molar-refractivity contribution in [1.29, 1.82) is 0 Å². The number of aryl methyl sites for hydroxylation is 1. The zero-order chi connectivity index (χ0) is 12.4. The third kappa shape index (κ3) is 2.08. The highest BCUT2D eigenvalue weighted by atomic mass is 16.3. The van der Waals surface area contributed by atoms with Crippen molar-refractivity contribution in [3.8, 4) is 0 Å². The molecule has 96 valence electrons. The van der Waals surface area contributed by atoms with E-state index >= 15 is 0 Å². The van der Waals surface area contributed by atoms with Crippen molar-refractivity contribution in [2.75, 3.05) is 7.05 Å². The highest BCUT2D eigenvalue weighted by Crippen LogP contribution is 2.21. The Hall–Kier alpha value is -1.55. The predicted octanol–water partition coefficient (Wildman–Crippen LogP) is 2.12. The van der Waals surface area contributed by atoms with Crippen LogP contribution in [0.1, 0.15) is 35.6 Å². The molecule has 0 unspecified atom stereocenters. The second-order valence-electron chi connectivity index (χ2n) is 4.87. The zero-order valence-corrected chi connectivity index (χ0v) is 10.8. The number of hydrogen-bond donors (Lipinski definition) is 1. The third-order valence-corrected chi connectivity index (χ3v) is 3.63. The Bertz CT molecular complexity index is 527. The highest BCUT2D eigenvalue weighted by Gasteiger charge is 2.16. The summed E-state index contributed by atoms with van der Waals surface area (Å²) in [4.78, 5) is 4.53. The van der Waals surface area contributed by atoms with Crippen LogP contribution in [-0.4, -0.2) is 16.6 Å². The van der Waals surface area contributed by atoms with Crippen LogP contribution in [0.25, 0.3) is 0 Å². The van der Waals surface area contributed by atoms with E-state index in [-0.39, 0.29) is 0 Å². The second kappa shape index (κ2) is 4.98. The zero-order valence-electron chi connectivity index (χ0n) is 10.8. The number of hydrogen-bond acceptors (Lipinski definition) is 3. The van der Waals surface area contributed by atoms with Gasteiger partial charge in [-0.3, -0.25) is 0 Å². The molecular weight excluding hydrogens is 226 g/mol. The van der Waals surface area contributed by atoms with Crippen LogP contribution in [0.5, 0.6) is 0 Å². The summed E-state index contributed by atoms with van der Waals surface area (Å²) in [7, 11) is 1.94. The van der Waals surface area contributed by atoms with Gasteiger partial charge in [0.1, 0.15) is 5.76 Å². The van der Waals surface area contributed by atoms with Gasteiger partial charge < -0.3 is 14.3 Å². The predicted molar refractivity (Wildman–Crippen MR) is 69.4 cm³/mol. The van der Waals surface area contributed by atoms with Gasteiger partial charge in [0, 0.05) is 11.3 Å². The molecule has 0 aliphatic heterocycles. The average molecular weight is 245 g/mol. The van der Waals surface area contributed by atoms with Gasteiger partial charge in [-0.05, 0) is 38.8 Å². The lowest BCUT2D eigenvalue weighted by Gasteiger charge is -2.14. The number of fused-ring (bicyclic) bond motifs is 1. The summed E-state index contributed by atoms with van der Waals surface area (Å²) in [6.45, 7) is 1.65. The molecule has 0 saturated carbocycles. The van der Waals surface area contributed by atoms with E-state index < -0.39 is 0 Å². The quantitative estimate of drug-likeness (QED) is 0.897. The van der Waals surface area contributed by atoms with Gasteiger partial charge >= 0.3 is 0 Å². The van der Waals surface area contributed by atoms with E-state index in [0.29, 0.717) is 0 Å². The van der Waals surface area contributed by atoms with Crippen molar-refractivity contribution in [3.05, 3.63) is 41.4 Å². The molecular formula is C14H19N3O. The van der Waals surface area contributed by atoms with Gasteiger partial charge in [-0.15, -0.1) is 0 Å². The maximum Gasteiger partial charge on any atom is 0.122 e. The van der Waals surface area contributed by atoms with E-state index in [1.54, 1.807) is 6.26 Å². The fraction of sp³-hybridized carbons (Fsp3) is 0.500. The first-order chi connectivity index (χ1) is 8.88. The van der Waals surface area contributed by atoms with Crippen LogP contribution in [0, 0.1) is 0 Å². The maximum absolute atomic E-state index is 5.50. The molecule has 4 heteroatoms. The molecule has 0 aromatic carbocycles. The molecule has 0 amide bonds. The summed E-state index contributed by atoms with van der Waals surface area (Å²) in [5.41, 5.74) is 3.95. The number of furan rings is 1. The molecule has 4 nitrogen and oxygen atoms in total. The minimum absolute atomic E-state index is 0.777. The Balaban J connectivity index is 1.83. The lowest BCUT2D eigenvalue weighted by molar-refractivity contribution is 0.488. The number of nitrogens with one attached hydrogen (secondary N) is 1. The van der Waals surface area contributed by atoms with Crippen LogP contribution >= 0.6 is 0 Å². The van der Waals surface area contributed by atoms with Gasteiger partial charge in [0.05, 0.1) is 31.4 Å². The van der Waals surface area contributed by atoms with Crippen LogP contribution in [0.3, 0.4) is 0 Å². The van der Waals surface area contributed by atoms with Crippen molar-refractivity contribution in [2.45, 2.75) is 38.8 Å². The number of aromatic nitrogens is 2. The minimum atomic E-state index is 0.777. The lowest BCUT2D eigenvalue weighted by Crippen LogP contribution is -2.11. The molecule has 2 aromatic heterocycles. The van der Waals surface area contributed by atoms with E-state index in [2.05, 4.69) is 20.9 Å². The number of imidazole rings is 1. The Morgan fingerprint density at radius 3 is 3.17 bits per heavy atom. The van der Waals surface area contributed by atoms with Gasteiger partial charge in [0.2, 0.25) is 0 Å². The fourth-order valence-corrected chi connectivity index (χ4v) is 2.67. The van der Waals surface area contributed by atoms with Crippen molar-refractivity contribution in [1.82, 2.24) is 14.9 Å². The van der Waals surface area contributed by atoms with Crippen molar-refractivity contribution in [3.63, 3.8) is 0 Å². The van der Waals surface area contributed by atoms with Crippen molar-refractivity contribution < 1.29 is 4.42 Å². The molecule has 18 heavy (non-hydrogen) atoms. The fourth-order valence-electron chi connectivity index (χ4n) is 2.67. The summed E-state index contributed by atoms with van der Waals surface area (Å²) in [5.74, 6) is 1.02. The largest absolute Gasteiger partial charge is 0.468 e. The summed E-state index contributed by atoms with van der Waals surface area (Å²) < 4.78 is 7.78. The average Bonchev–Trinajstić information content (AvgIpc) is 2.99. The molecule has 1 aliphatic carbocycles. The maximum atomic E-state index is 5.50. The van der Waals surface area contributed by atoms with Gasteiger partial charge in [-0.2, -0.15) is 0 Å². The third-order valence-electron chi connectivity index (χ3n) is 3.63. The Morgan fingerprint density at radius 2 is 2.28 bits per heavy atom. The summed E-state index contributed by atoms with van der Waals surface area (Å²) in [6.07, 6.45) is 8.61. The SMILES string of the molecule is CNCc1occc1Cn1cnc2c1CCCC2. The molecule has 3 rings (SSSR count). The minimum Gasteiger partial charge on any atom is -0.468 e. The lowest BCUT2D eigenvalue weighted by atomic mass is 10.0. The van der Waals surface area contributed by atoms with E-state index in [4.69, 9.17) is 4.42 Å². The molecule has 0 saturated heterocycles. The van der Waals surface area contributed by atoms with Crippen LogP contribution < -0.4 is 5.32 Å². The molecule has 1 N–H and O–H groups in total. The van der Waals surface area contributed by atoms with Gasteiger partial charge in [-0.25, -0.2) is 4.98 Å². The van der Waals surface area contributed by atoms with Gasteiger partial charge in [0.25, 0.3) is 0 Å². The topological polar surface area (TPSA) is 43.0 Å². The molecule has 0 fully saturated rings. The number of rotatable bonds is 4. The first-order valence-electron chi connectivity index (χ1n) is 6.61. The molecule has 2 aromatic rings. The summed E-state index contributed by atoms with van der Waals surface area (Å²) in [6, 6.07) is 2.06. The van der Waals surface area contributed by atoms with Crippen LogP contribution in [0.4, 0.5) is 0 Å². The Morgan fingerprint density at radius 1 is 1.39 bits per heavy atom. The normalized spacial score (nSPS) is 14.7. The van der Waals surface area contributed by atoms with E-state index in [0.717, 1.165) is 31.7 Å². The van der Waals surface area contributed by atoms with E-state index in [9.17, 15) is 0 Å². The molecule has 0 atom stereocenters. The van der Waals surface area contributed by atoms with Crippen molar-refractivity contribution >= 4 is 0 Å². The number of nitrogens with zero attached hydrogens (tertiary/aromatic N) is 2. The second-order valence-corrected chi connectivity index (χ2v) is 4.87. The monoisotopic (exact) mass is 245 g/mol. The van der Waals surface area contributed by atoms with Gasteiger partial charge in [-0.1, -0.05) is 0 Å².